The molecule has 46 heavy (non-hydrogen) atoms. The zero-order chi connectivity index (χ0) is 34.7. The van der Waals surface area contributed by atoms with E-state index in [1.165, 1.54) is 4.90 Å². The summed E-state index contributed by atoms with van der Waals surface area (Å²) in [5, 5.41) is 13.5. The van der Waals surface area contributed by atoms with Crippen LogP contribution in [0.1, 0.15) is 83.9 Å². The standard InChI is InChI=1S/C34H51F2N3O6S/c1-7-11-28(12-8-2)46(43,44)22-29(37)32(41)38-30(18-25-16-26(35)19-27(36)17-25)31(40)21-39(33(42)45-34(4,5)6)20-24-14-10-13-23(9-3)15-24/h10,13-17,19,28-31,40H,7-9,11-12,18,20-22,37H2,1-6H3,(H,38,41)/t29?,30-,31+/m0/s1. The van der Waals surface area contributed by atoms with Crippen LogP contribution in [0.5, 0.6) is 0 Å². The number of nitrogens with two attached hydrogens (primary N) is 1. The number of aryl methyl sites for hydroxylation is 1. The highest BCUT2D eigenvalue weighted by atomic mass is 32.2. The van der Waals surface area contributed by atoms with E-state index in [-0.39, 0.29) is 25.1 Å². The summed E-state index contributed by atoms with van der Waals surface area (Å²) >= 11 is 0. The fraction of sp³-hybridized carbons (Fsp3) is 0.588. The molecule has 2 aromatic rings. The fourth-order valence-electron chi connectivity index (χ4n) is 5.22. The number of ether oxygens (including phenoxy) is 1. The normalized spacial score (nSPS) is 14.1. The molecule has 258 valence electrons. The van der Waals surface area contributed by atoms with Crippen LogP contribution in [0, 0.1) is 11.6 Å². The van der Waals surface area contributed by atoms with Crippen LogP contribution in [0.2, 0.25) is 0 Å². The molecule has 0 saturated heterocycles. The lowest BCUT2D eigenvalue weighted by molar-refractivity contribution is -0.123. The minimum atomic E-state index is -3.72. The molecule has 2 amide bonds. The summed E-state index contributed by atoms with van der Waals surface area (Å²) in [7, 11) is -3.72. The van der Waals surface area contributed by atoms with Crippen molar-refractivity contribution in [2.45, 2.75) is 116 Å². The molecule has 0 spiro atoms. The van der Waals surface area contributed by atoms with Gasteiger partial charge in [0, 0.05) is 12.6 Å². The first-order valence-corrected chi connectivity index (χ1v) is 17.7. The molecular weight excluding hydrogens is 616 g/mol. The number of sulfone groups is 1. The molecule has 2 rings (SSSR count). The van der Waals surface area contributed by atoms with Gasteiger partial charge in [0.25, 0.3) is 0 Å². The number of hydrogen-bond acceptors (Lipinski definition) is 7. The molecule has 0 aliphatic rings. The zero-order valence-electron chi connectivity index (χ0n) is 27.9. The van der Waals surface area contributed by atoms with Gasteiger partial charge in [-0.25, -0.2) is 22.0 Å². The Bertz CT molecular complexity index is 1370. The lowest BCUT2D eigenvalue weighted by atomic mass is 9.99. The van der Waals surface area contributed by atoms with Crippen LogP contribution in [0.3, 0.4) is 0 Å². The number of aliphatic hydroxyl groups excluding tert-OH is 1. The smallest absolute Gasteiger partial charge is 0.410 e. The third-order valence-electron chi connectivity index (χ3n) is 7.48. The third kappa shape index (κ3) is 13.0. The van der Waals surface area contributed by atoms with Crippen molar-refractivity contribution in [1.29, 1.82) is 0 Å². The van der Waals surface area contributed by atoms with Crippen molar-refractivity contribution in [2.75, 3.05) is 12.3 Å². The summed E-state index contributed by atoms with van der Waals surface area (Å²) in [6.07, 6.45) is 0.556. The van der Waals surface area contributed by atoms with Crippen LogP contribution in [0.15, 0.2) is 42.5 Å². The van der Waals surface area contributed by atoms with E-state index in [2.05, 4.69) is 5.32 Å². The number of aliphatic hydroxyl groups is 1. The highest BCUT2D eigenvalue weighted by Gasteiger charge is 2.33. The number of hydrogen-bond donors (Lipinski definition) is 3. The molecule has 3 atom stereocenters. The van der Waals surface area contributed by atoms with Gasteiger partial charge in [-0.05, 0) is 75.3 Å². The van der Waals surface area contributed by atoms with Crippen molar-refractivity contribution in [3.63, 3.8) is 0 Å². The first-order valence-electron chi connectivity index (χ1n) is 15.9. The maximum atomic E-state index is 14.1. The topological polar surface area (TPSA) is 139 Å². The average molecular weight is 668 g/mol. The quantitative estimate of drug-likeness (QED) is 0.214. The van der Waals surface area contributed by atoms with Gasteiger partial charge in [0.15, 0.2) is 9.84 Å². The molecule has 0 aromatic heterocycles. The van der Waals surface area contributed by atoms with Crippen molar-refractivity contribution in [1.82, 2.24) is 10.2 Å². The number of halogens is 2. The van der Waals surface area contributed by atoms with E-state index in [1.807, 2.05) is 45.0 Å². The molecule has 0 aliphatic carbocycles. The Morgan fingerprint density at radius 2 is 1.57 bits per heavy atom. The van der Waals surface area contributed by atoms with Gasteiger partial charge >= 0.3 is 6.09 Å². The van der Waals surface area contributed by atoms with E-state index in [0.29, 0.717) is 31.7 Å². The Balaban J connectivity index is 2.39. The predicted octanol–water partition coefficient (Wildman–Crippen LogP) is 5.06. The maximum absolute atomic E-state index is 14.1. The maximum Gasteiger partial charge on any atom is 0.410 e. The monoisotopic (exact) mass is 667 g/mol. The van der Waals surface area contributed by atoms with Crippen molar-refractivity contribution in [2.24, 2.45) is 5.73 Å². The Hall–Kier alpha value is -3.09. The van der Waals surface area contributed by atoms with Crippen LogP contribution >= 0.6 is 0 Å². The minimum Gasteiger partial charge on any atom is -0.444 e. The number of benzene rings is 2. The molecule has 9 nitrogen and oxygen atoms in total. The third-order valence-corrected chi connectivity index (χ3v) is 9.79. The molecule has 0 saturated carbocycles. The number of carbonyl (C=O) groups excluding carboxylic acids is 2. The van der Waals surface area contributed by atoms with Crippen LogP contribution in [-0.2, 0) is 38.8 Å². The largest absolute Gasteiger partial charge is 0.444 e. The van der Waals surface area contributed by atoms with Crippen molar-refractivity contribution < 1.29 is 36.6 Å². The van der Waals surface area contributed by atoms with Crippen LogP contribution in [-0.4, -0.2) is 71.8 Å². The van der Waals surface area contributed by atoms with E-state index >= 15 is 0 Å². The molecule has 0 fully saturated rings. The Morgan fingerprint density at radius 1 is 0.978 bits per heavy atom. The lowest BCUT2D eigenvalue weighted by Crippen LogP contribution is -2.55. The second kappa shape index (κ2) is 17.7. The fourth-order valence-corrected chi connectivity index (χ4v) is 7.33. The van der Waals surface area contributed by atoms with Crippen LogP contribution in [0.4, 0.5) is 13.6 Å². The van der Waals surface area contributed by atoms with Crippen molar-refractivity contribution in [3.05, 3.63) is 70.8 Å². The predicted molar refractivity (Wildman–Crippen MR) is 176 cm³/mol. The lowest BCUT2D eigenvalue weighted by Gasteiger charge is -2.32. The van der Waals surface area contributed by atoms with Gasteiger partial charge in [0.1, 0.15) is 17.2 Å². The molecule has 1 unspecified atom stereocenters. The van der Waals surface area contributed by atoms with E-state index in [1.54, 1.807) is 20.8 Å². The highest BCUT2D eigenvalue weighted by molar-refractivity contribution is 7.92. The van der Waals surface area contributed by atoms with E-state index in [9.17, 15) is 31.9 Å². The molecule has 0 radical (unpaired) electrons. The molecule has 0 heterocycles. The number of nitrogens with zero attached hydrogens (tertiary/aromatic N) is 1. The van der Waals surface area contributed by atoms with Gasteiger partial charge in [-0.15, -0.1) is 0 Å². The summed E-state index contributed by atoms with van der Waals surface area (Å²) in [6, 6.07) is 7.77. The van der Waals surface area contributed by atoms with E-state index in [4.69, 9.17) is 10.5 Å². The first-order chi connectivity index (χ1) is 21.5. The number of amides is 2. The second-order valence-electron chi connectivity index (χ2n) is 12.8. The van der Waals surface area contributed by atoms with Gasteiger partial charge in [-0.1, -0.05) is 57.9 Å². The van der Waals surface area contributed by atoms with Crippen molar-refractivity contribution >= 4 is 21.8 Å². The molecule has 2 aromatic carbocycles. The summed E-state index contributed by atoms with van der Waals surface area (Å²) in [4.78, 5) is 27.9. The highest BCUT2D eigenvalue weighted by Crippen LogP contribution is 2.19. The van der Waals surface area contributed by atoms with Gasteiger partial charge in [-0.3, -0.25) is 4.79 Å². The summed E-state index contributed by atoms with van der Waals surface area (Å²) in [5.74, 6) is -3.14. The Labute approximate surface area is 272 Å². The Morgan fingerprint density at radius 3 is 2.11 bits per heavy atom. The average Bonchev–Trinajstić information content (AvgIpc) is 2.94. The van der Waals surface area contributed by atoms with Gasteiger partial charge < -0.3 is 25.8 Å². The first kappa shape index (κ1) is 39.1. The summed E-state index contributed by atoms with van der Waals surface area (Å²) < 4.78 is 60.0. The summed E-state index contributed by atoms with van der Waals surface area (Å²) in [5.41, 5.74) is 7.21. The van der Waals surface area contributed by atoms with Crippen LogP contribution in [0.25, 0.3) is 0 Å². The second-order valence-corrected chi connectivity index (χ2v) is 15.2. The zero-order valence-corrected chi connectivity index (χ0v) is 28.7. The molecule has 0 bridgehead atoms. The SMILES string of the molecule is CCCC(CCC)S(=O)(=O)CC(N)C(=O)N[C@@H](Cc1cc(F)cc(F)c1)[C@H](O)CN(Cc1cccc(CC)c1)C(=O)OC(C)(C)C. The van der Waals surface area contributed by atoms with Gasteiger partial charge in [0.2, 0.25) is 5.91 Å². The number of nitrogens with one attached hydrogen (secondary N) is 1. The number of rotatable bonds is 17. The van der Waals surface area contributed by atoms with E-state index in [0.717, 1.165) is 29.7 Å². The number of carbonyl (C=O) groups is 2. The molecular formula is C34H51F2N3O6S. The van der Waals surface area contributed by atoms with Gasteiger partial charge in [0.05, 0.1) is 35.7 Å². The minimum absolute atomic E-state index is 0.0725. The molecule has 0 aliphatic heterocycles. The van der Waals surface area contributed by atoms with Crippen molar-refractivity contribution in [3.8, 4) is 0 Å². The van der Waals surface area contributed by atoms with Crippen LogP contribution < -0.4 is 11.1 Å². The molecule has 12 heteroatoms. The summed E-state index contributed by atoms with van der Waals surface area (Å²) in [6.45, 7) is 10.6. The van der Waals surface area contributed by atoms with E-state index < -0.39 is 68.3 Å². The van der Waals surface area contributed by atoms with Gasteiger partial charge in [-0.2, -0.15) is 0 Å². The Kier molecular flexibility index (Phi) is 15.1. The molecule has 4 N–H and O–H groups in total.